The molecule has 1 amide bonds. The highest BCUT2D eigenvalue weighted by Crippen LogP contribution is 2.28. The van der Waals surface area contributed by atoms with Crippen LogP contribution in [0.1, 0.15) is 19.8 Å². The molecule has 1 aromatic carbocycles. The van der Waals surface area contributed by atoms with Crippen LogP contribution in [0.25, 0.3) is 0 Å². The lowest BCUT2D eigenvalue weighted by Crippen LogP contribution is -2.29. The number of hydrogen-bond donors (Lipinski definition) is 1. The van der Waals surface area contributed by atoms with Crippen molar-refractivity contribution in [1.29, 1.82) is 0 Å². The Bertz CT molecular complexity index is 525. The van der Waals surface area contributed by atoms with E-state index in [4.69, 9.17) is 21.1 Å². The molecule has 1 aromatic rings. The Labute approximate surface area is 142 Å². The average Bonchev–Trinajstić information content (AvgIpc) is 3.01. The van der Waals surface area contributed by atoms with E-state index in [0.29, 0.717) is 29.7 Å². The molecular formula is C17H25ClN2O3. The molecule has 0 bridgehead atoms. The van der Waals surface area contributed by atoms with Crippen molar-refractivity contribution in [3.63, 3.8) is 0 Å². The number of rotatable bonds is 8. The third kappa shape index (κ3) is 5.37. The molecule has 23 heavy (non-hydrogen) atoms. The first-order chi connectivity index (χ1) is 11.1. The molecule has 1 heterocycles. The molecule has 1 fully saturated rings. The van der Waals surface area contributed by atoms with Crippen molar-refractivity contribution in [2.75, 3.05) is 45.3 Å². The van der Waals surface area contributed by atoms with Gasteiger partial charge in [-0.05, 0) is 37.6 Å². The van der Waals surface area contributed by atoms with Gasteiger partial charge in [0, 0.05) is 25.9 Å². The first-order valence-electron chi connectivity index (χ1n) is 8.08. The fourth-order valence-corrected chi connectivity index (χ4v) is 2.86. The Morgan fingerprint density at radius 1 is 1.43 bits per heavy atom. The van der Waals surface area contributed by atoms with Gasteiger partial charge in [0.2, 0.25) is 5.91 Å². The van der Waals surface area contributed by atoms with Crippen LogP contribution in [0.4, 0.5) is 5.69 Å². The Kier molecular flexibility index (Phi) is 7.15. The van der Waals surface area contributed by atoms with Gasteiger partial charge in [0.05, 0.1) is 24.2 Å². The normalized spacial score (nSPS) is 18.1. The Morgan fingerprint density at radius 3 is 2.96 bits per heavy atom. The first-order valence-corrected chi connectivity index (χ1v) is 8.46. The minimum Gasteiger partial charge on any atom is -0.492 e. The minimum absolute atomic E-state index is 0.0154. The summed E-state index contributed by atoms with van der Waals surface area (Å²) in [4.78, 5) is 14.6. The molecule has 0 spiro atoms. The highest BCUT2D eigenvalue weighted by molar-refractivity contribution is 6.32. The van der Waals surface area contributed by atoms with Crippen molar-refractivity contribution in [2.45, 2.75) is 19.8 Å². The van der Waals surface area contributed by atoms with E-state index in [-0.39, 0.29) is 11.8 Å². The maximum atomic E-state index is 12.4. The predicted molar refractivity (Wildman–Crippen MR) is 92.3 cm³/mol. The fraction of sp³-hybridized carbons (Fsp3) is 0.588. The molecule has 128 valence electrons. The smallest absolute Gasteiger partial charge is 0.228 e. The number of nitrogens with zero attached hydrogens (tertiary/aromatic N) is 1. The van der Waals surface area contributed by atoms with Crippen molar-refractivity contribution in [1.82, 2.24) is 4.90 Å². The lowest BCUT2D eigenvalue weighted by atomic mass is 10.1. The maximum Gasteiger partial charge on any atom is 0.228 e. The number of ether oxygens (including phenoxy) is 2. The molecule has 0 radical (unpaired) electrons. The lowest BCUT2D eigenvalue weighted by molar-refractivity contribution is -0.119. The van der Waals surface area contributed by atoms with Crippen LogP contribution in [-0.4, -0.2) is 50.8 Å². The summed E-state index contributed by atoms with van der Waals surface area (Å²) < 4.78 is 10.6. The van der Waals surface area contributed by atoms with Gasteiger partial charge in [-0.3, -0.25) is 4.79 Å². The Morgan fingerprint density at radius 2 is 2.26 bits per heavy atom. The van der Waals surface area contributed by atoms with E-state index < -0.39 is 0 Å². The van der Waals surface area contributed by atoms with Gasteiger partial charge in [-0.25, -0.2) is 0 Å². The van der Waals surface area contributed by atoms with Crippen LogP contribution in [0.5, 0.6) is 5.75 Å². The van der Waals surface area contributed by atoms with E-state index in [1.165, 1.54) is 0 Å². The van der Waals surface area contributed by atoms with Gasteiger partial charge >= 0.3 is 0 Å². The molecule has 5 nitrogen and oxygen atoms in total. The molecule has 0 aliphatic carbocycles. The van der Waals surface area contributed by atoms with Crippen molar-refractivity contribution >= 4 is 23.2 Å². The zero-order valence-corrected chi connectivity index (χ0v) is 14.6. The maximum absolute atomic E-state index is 12.4. The first kappa shape index (κ1) is 18.0. The molecule has 6 heteroatoms. The van der Waals surface area contributed by atoms with Gasteiger partial charge in [-0.2, -0.15) is 0 Å². The van der Waals surface area contributed by atoms with E-state index in [1.54, 1.807) is 19.2 Å². The number of carbonyl (C=O) groups is 1. The number of anilines is 1. The highest BCUT2D eigenvalue weighted by Gasteiger charge is 2.28. The van der Waals surface area contributed by atoms with Crippen LogP contribution < -0.4 is 10.1 Å². The SMILES string of the molecule is CCCOc1ccc(NC(=O)C2CCN(CCOC)C2)cc1Cl. The van der Waals surface area contributed by atoms with E-state index in [1.807, 2.05) is 13.0 Å². The second-order valence-electron chi connectivity index (χ2n) is 5.76. The fourth-order valence-electron chi connectivity index (χ4n) is 2.62. The summed E-state index contributed by atoms with van der Waals surface area (Å²) in [5.41, 5.74) is 0.708. The monoisotopic (exact) mass is 340 g/mol. The van der Waals surface area contributed by atoms with E-state index in [2.05, 4.69) is 10.2 Å². The quantitative estimate of drug-likeness (QED) is 0.790. The van der Waals surface area contributed by atoms with Gasteiger partial charge in [-0.15, -0.1) is 0 Å². The van der Waals surface area contributed by atoms with Crippen LogP contribution in [0.3, 0.4) is 0 Å². The number of methoxy groups -OCH3 is 1. The third-order valence-electron chi connectivity index (χ3n) is 3.92. The molecule has 1 atom stereocenters. The zero-order chi connectivity index (χ0) is 16.7. The van der Waals surface area contributed by atoms with Crippen molar-refractivity contribution in [3.05, 3.63) is 23.2 Å². The topological polar surface area (TPSA) is 50.8 Å². The molecular weight excluding hydrogens is 316 g/mol. The van der Waals surface area contributed by atoms with Crippen LogP contribution in [0.2, 0.25) is 5.02 Å². The van der Waals surface area contributed by atoms with Gasteiger partial charge in [0.15, 0.2) is 0 Å². The highest BCUT2D eigenvalue weighted by atomic mass is 35.5. The van der Waals surface area contributed by atoms with Crippen LogP contribution in [0, 0.1) is 5.92 Å². The molecule has 1 aliphatic rings. The van der Waals surface area contributed by atoms with Crippen LogP contribution >= 0.6 is 11.6 Å². The summed E-state index contributed by atoms with van der Waals surface area (Å²) >= 11 is 6.19. The summed E-state index contributed by atoms with van der Waals surface area (Å²) in [6.45, 7) is 5.95. The summed E-state index contributed by atoms with van der Waals surface area (Å²) in [6, 6.07) is 5.36. The Balaban J connectivity index is 1.87. The molecule has 2 rings (SSSR count). The van der Waals surface area contributed by atoms with Gasteiger partial charge in [0.25, 0.3) is 0 Å². The number of likely N-dealkylation sites (tertiary alicyclic amines) is 1. The van der Waals surface area contributed by atoms with Gasteiger partial charge in [0.1, 0.15) is 5.75 Å². The number of nitrogens with one attached hydrogen (secondary N) is 1. The van der Waals surface area contributed by atoms with Crippen LogP contribution in [0.15, 0.2) is 18.2 Å². The molecule has 1 aliphatic heterocycles. The molecule has 1 N–H and O–H groups in total. The number of benzene rings is 1. The van der Waals surface area contributed by atoms with Gasteiger partial charge in [-0.1, -0.05) is 18.5 Å². The second kappa shape index (κ2) is 9.11. The zero-order valence-electron chi connectivity index (χ0n) is 13.8. The van der Waals surface area contributed by atoms with E-state index >= 15 is 0 Å². The van der Waals surface area contributed by atoms with Crippen LogP contribution in [-0.2, 0) is 9.53 Å². The molecule has 1 unspecified atom stereocenters. The second-order valence-corrected chi connectivity index (χ2v) is 6.17. The molecule has 0 saturated carbocycles. The number of hydrogen-bond acceptors (Lipinski definition) is 4. The lowest BCUT2D eigenvalue weighted by Gasteiger charge is -2.15. The number of carbonyl (C=O) groups excluding carboxylic acids is 1. The van der Waals surface area contributed by atoms with Crippen molar-refractivity contribution in [2.24, 2.45) is 5.92 Å². The summed E-state index contributed by atoms with van der Waals surface area (Å²) in [5, 5.41) is 3.47. The standard InChI is InChI=1S/C17H25ClN2O3/c1-3-9-23-16-5-4-14(11-15(16)18)19-17(21)13-6-7-20(12-13)8-10-22-2/h4-5,11,13H,3,6-10,12H2,1-2H3,(H,19,21). The number of amides is 1. The predicted octanol–water partition coefficient (Wildman–Crippen LogP) is 3.04. The van der Waals surface area contributed by atoms with E-state index in [0.717, 1.165) is 32.5 Å². The third-order valence-corrected chi connectivity index (χ3v) is 4.21. The Hall–Kier alpha value is -1.30. The molecule has 1 saturated heterocycles. The largest absolute Gasteiger partial charge is 0.492 e. The molecule has 0 aromatic heterocycles. The van der Waals surface area contributed by atoms with Crippen molar-refractivity contribution < 1.29 is 14.3 Å². The van der Waals surface area contributed by atoms with Gasteiger partial charge < -0.3 is 19.7 Å². The summed E-state index contributed by atoms with van der Waals surface area (Å²) in [7, 11) is 1.69. The summed E-state index contributed by atoms with van der Waals surface area (Å²) in [5.74, 6) is 0.711. The van der Waals surface area contributed by atoms with E-state index in [9.17, 15) is 4.79 Å². The minimum atomic E-state index is 0.0154. The number of halogens is 1. The average molecular weight is 341 g/mol. The van der Waals surface area contributed by atoms with Crippen molar-refractivity contribution in [3.8, 4) is 5.75 Å². The summed E-state index contributed by atoms with van der Waals surface area (Å²) in [6.07, 6.45) is 1.80.